The van der Waals surface area contributed by atoms with E-state index in [9.17, 15) is 32.3 Å². The van der Waals surface area contributed by atoms with Crippen LogP contribution in [0.5, 0.6) is 0 Å². The topological polar surface area (TPSA) is 107 Å². The molecule has 2 atom stereocenters. The number of fused-ring (bicyclic) bond motifs is 5. The second-order valence-corrected chi connectivity index (χ2v) is 8.59. The van der Waals surface area contributed by atoms with E-state index in [1.165, 1.54) is 10.6 Å². The number of benzene rings is 1. The molecule has 4 heterocycles. The summed E-state index contributed by atoms with van der Waals surface area (Å²) in [5.41, 5.74) is 3.52. The summed E-state index contributed by atoms with van der Waals surface area (Å²) in [7, 11) is 0. The summed E-state index contributed by atoms with van der Waals surface area (Å²) in [5.74, 6) is -2.36. The van der Waals surface area contributed by atoms with Gasteiger partial charge in [0.15, 0.2) is 5.60 Å². The molecule has 7 nitrogen and oxygen atoms in total. The van der Waals surface area contributed by atoms with Crippen LogP contribution in [0.1, 0.15) is 54.1 Å². The first-order chi connectivity index (χ1) is 15.9. The molecule has 11 heteroatoms. The molecule has 34 heavy (non-hydrogen) atoms. The number of alkyl halides is 3. The molecule has 2 aliphatic rings. The number of nitrogens with two attached hydrogens (primary N) is 1. The predicted octanol–water partition coefficient (Wildman–Crippen LogP) is 3.26. The third-order valence-electron chi connectivity index (χ3n) is 6.58. The van der Waals surface area contributed by atoms with Crippen LogP contribution in [-0.4, -0.2) is 20.6 Å². The van der Waals surface area contributed by atoms with E-state index >= 15 is 0 Å². The second kappa shape index (κ2) is 7.09. The Hall–Kier alpha value is -3.31. The number of esters is 1. The standard InChI is InChI=1S/C23H19F4N3O4/c1-3-22(33)13-5-17-19-11(7-30(17)20(31)12(13)8-34-21(22)32)18(9(2)28)10-4-14(23(25,26)27)15(24)6-16(10)29-19/h4-6,9,33H,3,7-8,28H2,1-2H3/t9-,22+/m1/s1. The molecular formula is C23H19F4N3O4. The SMILES string of the molecule is CC[C@@]1(O)C(=O)OCc2c1cc1n(c2=O)Cc2c-1nc1cc(F)c(C(F)(F)F)cc1c2[C@@H](C)N. The molecule has 178 valence electrons. The van der Waals surface area contributed by atoms with E-state index in [4.69, 9.17) is 10.5 Å². The molecule has 5 rings (SSSR count). The van der Waals surface area contributed by atoms with Crippen LogP contribution < -0.4 is 11.3 Å². The molecule has 0 amide bonds. The Morgan fingerprint density at radius 2 is 1.97 bits per heavy atom. The van der Waals surface area contributed by atoms with Crippen molar-refractivity contribution in [1.29, 1.82) is 0 Å². The largest absolute Gasteiger partial charge is 0.458 e. The van der Waals surface area contributed by atoms with Crippen LogP contribution in [0.4, 0.5) is 17.6 Å². The maximum atomic E-state index is 14.3. The first kappa shape index (κ1) is 22.5. The number of carbonyl (C=O) groups is 1. The Balaban J connectivity index is 1.84. The van der Waals surface area contributed by atoms with Crippen LogP contribution in [0, 0.1) is 5.82 Å². The van der Waals surface area contributed by atoms with Gasteiger partial charge in [0.1, 0.15) is 12.4 Å². The molecule has 2 aromatic heterocycles. The fourth-order valence-electron chi connectivity index (χ4n) is 4.87. The molecule has 0 aliphatic carbocycles. The van der Waals surface area contributed by atoms with Crippen molar-refractivity contribution in [3.63, 3.8) is 0 Å². The molecule has 0 unspecified atom stereocenters. The van der Waals surface area contributed by atoms with Gasteiger partial charge in [0, 0.05) is 28.6 Å². The summed E-state index contributed by atoms with van der Waals surface area (Å²) >= 11 is 0. The molecule has 0 saturated heterocycles. The lowest BCUT2D eigenvalue weighted by atomic mass is 9.86. The molecule has 0 radical (unpaired) electrons. The maximum Gasteiger partial charge on any atom is 0.419 e. The minimum absolute atomic E-state index is 0.0339. The second-order valence-electron chi connectivity index (χ2n) is 8.59. The molecule has 1 aromatic carbocycles. The lowest BCUT2D eigenvalue weighted by Crippen LogP contribution is -2.44. The van der Waals surface area contributed by atoms with E-state index in [0.29, 0.717) is 23.3 Å². The fourth-order valence-corrected chi connectivity index (χ4v) is 4.87. The van der Waals surface area contributed by atoms with Crippen molar-refractivity contribution in [2.75, 3.05) is 0 Å². The van der Waals surface area contributed by atoms with Gasteiger partial charge in [-0.05, 0) is 31.0 Å². The predicted molar refractivity (Wildman–Crippen MR) is 112 cm³/mol. The molecule has 0 saturated carbocycles. The third-order valence-corrected chi connectivity index (χ3v) is 6.58. The summed E-state index contributed by atoms with van der Waals surface area (Å²) in [5, 5.41) is 11.0. The lowest BCUT2D eigenvalue weighted by molar-refractivity contribution is -0.172. The number of halogens is 4. The van der Waals surface area contributed by atoms with Crippen LogP contribution in [-0.2, 0) is 34.5 Å². The van der Waals surface area contributed by atoms with Crippen LogP contribution >= 0.6 is 0 Å². The highest BCUT2D eigenvalue weighted by molar-refractivity contribution is 5.90. The monoisotopic (exact) mass is 477 g/mol. The molecule has 3 aromatic rings. The lowest BCUT2D eigenvalue weighted by Gasteiger charge is -2.31. The van der Waals surface area contributed by atoms with E-state index in [-0.39, 0.29) is 53.0 Å². The number of nitrogens with zero attached hydrogens (tertiary/aromatic N) is 2. The molecule has 3 N–H and O–H groups in total. The van der Waals surface area contributed by atoms with Crippen molar-refractivity contribution in [2.45, 2.75) is 51.2 Å². The Labute approximate surface area is 189 Å². The van der Waals surface area contributed by atoms with E-state index in [1.807, 2.05) is 0 Å². The van der Waals surface area contributed by atoms with Crippen LogP contribution in [0.2, 0.25) is 0 Å². The van der Waals surface area contributed by atoms with E-state index < -0.39 is 40.7 Å². The average Bonchev–Trinajstić information content (AvgIpc) is 3.12. The maximum absolute atomic E-state index is 14.3. The average molecular weight is 477 g/mol. The smallest absolute Gasteiger partial charge is 0.419 e. The van der Waals surface area contributed by atoms with Gasteiger partial charge < -0.3 is 20.1 Å². The minimum atomic E-state index is -4.91. The van der Waals surface area contributed by atoms with Crippen molar-refractivity contribution < 1.29 is 32.2 Å². The molecule has 0 bridgehead atoms. The van der Waals surface area contributed by atoms with Crippen molar-refractivity contribution in [3.8, 4) is 11.4 Å². The first-order valence-electron chi connectivity index (χ1n) is 10.5. The zero-order chi connectivity index (χ0) is 24.7. The number of hydrogen-bond acceptors (Lipinski definition) is 6. The van der Waals surface area contributed by atoms with Crippen molar-refractivity contribution in [1.82, 2.24) is 9.55 Å². The van der Waals surface area contributed by atoms with Gasteiger partial charge in [-0.1, -0.05) is 6.92 Å². The summed E-state index contributed by atoms with van der Waals surface area (Å²) in [6, 6.07) is 2.10. The number of aromatic nitrogens is 2. The van der Waals surface area contributed by atoms with Gasteiger partial charge in [0.25, 0.3) is 5.56 Å². The molecule has 0 fully saturated rings. The Morgan fingerprint density at radius 1 is 1.26 bits per heavy atom. The number of rotatable bonds is 2. The van der Waals surface area contributed by atoms with Crippen LogP contribution in [0.15, 0.2) is 23.0 Å². The summed E-state index contributed by atoms with van der Waals surface area (Å²) in [4.78, 5) is 30.0. The van der Waals surface area contributed by atoms with Crippen LogP contribution in [0.3, 0.4) is 0 Å². The summed E-state index contributed by atoms with van der Waals surface area (Å²) < 4.78 is 60.8. The highest BCUT2D eigenvalue weighted by atomic mass is 19.4. The van der Waals surface area contributed by atoms with E-state index in [2.05, 4.69) is 4.98 Å². The normalized spacial score (nSPS) is 20.1. The zero-order valence-corrected chi connectivity index (χ0v) is 18.1. The number of carbonyl (C=O) groups excluding carboxylic acids is 1. The van der Waals surface area contributed by atoms with Gasteiger partial charge in [-0.3, -0.25) is 4.79 Å². The Bertz CT molecular complexity index is 1460. The highest BCUT2D eigenvalue weighted by Crippen LogP contribution is 2.43. The van der Waals surface area contributed by atoms with E-state index in [1.54, 1.807) is 13.8 Å². The van der Waals surface area contributed by atoms with Gasteiger partial charge >= 0.3 is 12.1 Å². The quantitative estimate of drug-likeness (QED) is 0.339. The van der Waals surface area contributed by atoms with Crippen LogP contribution in [0.25, 0.3) is 22.3 Å². The van der Waals surface area contributed by atoms with Gasteiger partial charge in [-0.25, -0.2) is 14.2 Å². The van der Waals surface area contributed by atoms with Gasteiger partial charge in [-0.2, -0.15) is 13.2 Å². The van der Waals surface area contributed by atoms with Crippen molar-refractivity contribution >= 4 is 16.9 Å². The van der Waals surface area contributed by atoms with Crippen molar-refractivity contribution in [3.05, 3.63) is 62.2 Å². The molecular weight excluding hydrogens is 458 g/mol. The van der Waals surface area contributed by atoms with Gasteiger partial charge in [0.2, 0.25) is 0 Å². The van der Waals surface area contributed by atoms with Gasteiger partial charge in [-0.15, -0.1) is 0 Å². The van der Waals surface area contributed by atoms with Gasteiger partial charge in [0.05, 0.1) is 34.6 Å². The number of ether oxygens (including phenoxy) is 1. The van der Waals surface area contributed by atoms with Crippen molar-refractivity contribution in [2.24, 2.45) is 5.73 Å². The molecule has 2 aliphatic heterocycles. The summed E-state index contributed by atoms with van der Waals surface area (Å²) in [6.45, 7) is 2.79. The Kier molecular flexibility index (Phi) is 4.69. The Morgan fingerprint density at radius 3 is 2.59 bits per heavy atom. The summed E-state index contributed by atoms with van der Waals surface area (Å²) in [6.07, 6.45) is -4.96. The number of aliphatic hydroxyl groups is 1. The number of hydrogen-bond donors (Lipinski definition) is 2. The fraction of sp³-hybridized carbons (Fsp3) is 0.348. The highest BCUT2D eigenvalue weighted by Gasteiger charge is 2.45. The minimum Gasteiger partial charge on any atom is -0.458 e. The molecule has 0 spiro atoms. The number of cyclic esters (lactones) is 1. The van der Waals surface area contributed by atoms with E-state index in [0.717, 1.165) is 0 Å². The zero-order valence-electron chi connectivity index (χ0n) is 18.1. The first-order valence-corrected chi connectivity index (χ1v) is 10.5. The third kappa shape index (κ3) is 2.93. The number of pyridine rings is 2.